The van der Waals surface area contributed by atoms with E-state index in [-0.39, 0.29) is 35.6 Å². The van der Waals surface area contributed by atoms with E-state index in [2.05, 4.69) is 20.5 Å². The second-order valence-corrected chi connectivity index (χ2v) is 10.8. The number of amides is 2. The average molecular weight is 580 g/mol. The average Bonchev–Trinajstić information content (AvgIpc) is 3.55. The van der Waals surface area contributed by atoms with Gasteiger partial charge in [-0.3, -0.25) is 19.1 Å². The normalized spacial score (nSPS) is 24.5. The van der Waals surface area contributed by atoms with Crippen molar-refractivity contribution in [1.29, 1.82) is 0 Å². The van der Waals surface area contributed by atoms with Crippen molar-refractivity contribution in [2.24, 2.45) is 11.3 Å². The van der Waals surface area contributed by atoms with Crippen LogP contribution in [0.3, 0.4) is 0 Å². The number of imidazole rings is 1. The fourth-order valence-electron chi connectivity index (χ4n) is 5.77. The Morgan fingerprint density at radius 3 is 2.71 bits per heavy atom. The van der Waals surface area contributed by atoms with Crippen LogP contribution in [0.15, 0.2) is 30.6 Å². The van der Waals surface area contributed by atoms with Crippen molar-refractivity contribution in [2.45, 2.75) is 69.9 Å². The highest BCUT2D eigenvalue weighted by Crippen LogP contribution is 2.42. The van der Waals surface area contributed by atoms with E-state index in [1.54, 1.807) is 6.92 Å². The summed E-state index contributed by atoms with van der Waals surface area (Å²) in [6.45, 7) is 1.27. The van der Waals surface area contributed by atoms with Gasteiger partial charge >= 0.3 is 5.97 Å². The molecule has 1 aliphatic carbocycles. The minimum Gasteiger partial charge on any atom is -0.480 e. The van der Waals surface area contributed by atoms with Crippen molar-refractivity contribution >= 4 is 23.4 Å². The van der Waals surface area contributed by atoms with Crippen LogP contribution in [0.25, 0.3) is 5.65 Å². The molecule has 2 amide bonds. The van der Waals surface area contributed by atoms with Gasteiger partial charge in [0.1, 0.15) is 5.69 Å². The summed E-state index contributed by atoms with van der Waals surface area (Å²) in [6, 6.07) is 3.44. The van der Waals surface area contributed by atoms with Gasteiger partial charge in [-0.25, -0.2) is 27.1 Å². The number of carbonyl (C=O) groups excluding carboxylic acids is 2. The van der Waals surface area contributed by atoms with Crippen molar-refractivity contribution in [1.82, 2.24) is 35.0 Å². The van der Waals surface area contributed by atoms with Crippen molar-refractivity contribution in [2.75, 3.05) is 6.54 Å². The molecule has 41 heavy (non-hydrogen) atoms. The monoisotopic (exact) mass is 579 g/mol. The number of rotatable bonds is 8. The molecule has 1 saturated heterocycles. The number of halogens is 4. The fraction of sp³-hybridized carbons (Fsp3) is 0.538. The molecule has 1 saturated carbocycles. The SMILES string of the molecule is CCn1nccc1C(=O)NC(c1cn2nc(CC3(C(=O)O)CC(F)(F)CNC3=O)ccc2n1)C1CCCC(F)(F)C1. The van der Waals surface area contributed by atoms with E-state index in [1.165, 1.54) is 39.8 Å². The minimum absolute atomic E-state index is 0.0355. The first-order chi connectivity index (χ1) is 19.3. The van der Waals surface area contributed by atoms with E-state index < -0.39 is 72.8 Å². The van der Waals surface area contributed by atoms with E-state index in [4.69, 9.17) is 0 Å². The Morgan fingerprint density at radius 1 is 1.22 bits per heavy atom. The third-order valence-electron chi connectivity index (χ3n) is 7.79. The number of hydrogen-bond acceptors (Lipinski definition) is 6. The number of aromatic nitrogens is 5. The lowest BCUT2D eigenvalue weighted by Gasteiger charge is -2.36. The zero-order chi connectivity index (χ0) is 29.6. The number of piperidine rings is 1. The van der Waals surface area contributed by atoms with Crippen LogP contribution in [0, 0.1) is 11.3 Å². The van der Waals surface area contributed by atoms with E-state index in [9.17, 15) is 37.1 Å². The first-order valence-electron chi connectivity index (χ1n) is 13.3. The van der Waals surface area contributed by atoms with Crippen LogP contribution in [0.4, 0.5) is 17.6 Å². The number of carboxylic acid groups (broad SMARTS) is 1. The van der Waals surface area contributed by atoms with Gasteiger partial charge in [0.2, 0.25) is 11.8 Å². The molecule has 220 valence electrons. The first-order valence-corrected chi connectivity index (χ1v) is 13.3. The summed E-state index contributed by atoms with van der Waals surface area (Å²) in [5, 5.41) is 23.0. The lowest BCUT2D eigenvalue weighted by molar-refractivity contribution is -0.169. The van der Waals surface area contributed by atoms with E-state index in [1.807, 2.05) is 5.32 Å². The standard InChI is InChI=1S/C26H29F4N7O4/c1-2-36-18(7-9-32-36)21(38)34-20(15-4-3-8-25(27,28)10-15)17-12-37-19(33-17)6-5-16(35-37)11-24(23(40)41)13-26(29,30)14-31-22(24)39/h5-7,9,12,15,20H,2-4,8,10-11,13-14H2,1H3,(H,31,39)(H,34,38)(H,40,41). The van der Waals surface area contributed by atoms with Gasteiger partial charge < -0.3 is 15.7 Å². The molecule has 0 bridgehead atoms. The second-order valence-electron chi connectivity index (χ2n) is 10.8. The highest BCUT2D eigenvalue weighted by Gasteiger charge is 2.57. The summed E-state index contributed by atoms with van der Waals surface area (Å²) in [5.74, 6) is -10.2. The fourth-order valence-corrected chi connectivity index (χ4v) is 5.77. The Labute approximate surface area is 231 Å². The third kappa shape index (κ3) is 5.61. The molecule has 0 spiro atoms. The number of aliphatic carboxylic acids is 1. The Hall–Kier alpha value is -4.04. The zero-order valence-electron chi connectivity index (χ0n) is 22.1. The lowest BCUT2D eigenvalue weighted by atomic mass is 9.74. The Morgan fingerprint density at radius 2 is 2.00 bits per heavy atom. The van der Waals surface area contributed by atoms with Crippen LogP contribution in [0.5, 0.6) is 0 Å². The predicted octanol–water partition coefficient (Wildman–Crippen LogP) is 3.01. The van der Waals surface area contributed by atoms with Gasteiger partial charge in [-0.05, 0) is 43.9 Å². The lowest BCUT2D eigenvalue weighted by Crippen LogP contribution is -2.59. The number of alkyl halides is 4. The number of fused-ring (bicyclic) bond motifs is 1. The Kier molecular flexibility index (Phi) is 7.24. The first kappa shape index (κ1) is 28.5. The molecule has 15 heteroatoms. The highest BCUT2D eigenvalue weighted by atomic mass is 19.3. The number of hydrogen-bond donors (Lipinski definition) is 3. The molecule has 4 heterocycles. The molecular weight excluding hydrogens is 550 g/mol. The molecule has 3 unspecified atom stereocenters. The third-order valence-corrected chi connectivity index (χ3v) is 7.79. The molecule has 2 fully saturated rings. The van der Waals surface area contributed by atoms with Gasteiger partial charge in [0.25, 0.3) is 11.8 Å². The highest BCUT2D eigenvalue weighted by molar-refractivity contribution is 6.03. The molecule has 3 aromatic rings. The topological polar surface area (TPSA) is 144 Å². The van der Waals surface area contributed by atoms with Gasteiger partial charge in [-0.2, -0.15) is 10.2 Å². The molecule has 11 nitrogen and oxygen atoms in total. The van der Waals surface area contributed by atoms with Crippen LogP contribution in [0.2, 0.25) is 0 Å². The summed E-state index contributed by atoms with van der Waals surface area (Å²) >= 11 is 0. The predicted molar refractivity (Wildman–Crippen MR) is 134 cm³/mol. The van der Waals surface area contributed by atoms with Crippen molar-refractivity contribution < 1.29 is 37.1 Å². The van der Waals surface area contributed by atoms with Crippen LogP contribution in [0.1, 0.15) is 66.9 Å². The van der Waals surface area contributed by atoms with Crippen LogP contribution < -0.4 is 10.6 Å². The maximum atomic E-state index is 14.4. The number of nitrogens with one attached hydrogen (secondary N) is 2. The maximum Gasteiger partial charge on any atom is 0.319 e. The molecule has 3 atom stereocenters. The minimum atomic E-state index is -3.42. The van der Waals surface area contributed by atoms with Crippen LogP contribution >= 0.6 is 0 Å². The summed E-state index contributed by atoms with van der Waals surface area (Å²) in [6.07, 6.45) is 1.07. The van der Waals surface area contributed by atoms with Gasteiger partial charge in [-0.15, -0.1) is 0 Å². The maximum absolute atomic E-state index is 14.4. The van der Waals surface area contributed by atoms with Gasteiger partial charge in [0.15, 0.2) is 11.1 Å². The largest absolute Gasteiger partial charge is 0.480 e. The number of aryl methyl sites for hydroxylation is 1. The summed E-state index contributed by atoms with van der Waals surface area (Å²) in [7, 11) is 0. The van der Waals surface area contributed by atoms with Crippen molar-refractivity contribution in [3.8, 4) is 0 Å². The summed E-state index contributed by atoms with van der Waals surface area (Å²) < 4.78 is 59.9. The van der Waals surface area contributed by atoms with E-state index in [0.717, 1.165) is 0 Å². The molecule has 3 aromatic heterocycles. The van der Waals surface area contributed by atoms with Gasteiger partial charge in [-0.1, -0.05) is 0 Å². The zero-order valence-corrected chi connectivity index (χ0v) is 22.1. The molecule has 0 aromatic carbocycles. The second kappa shape index (κ2) is 10.4. The Balaban J connectivity index is 1.48. The number of nitrogens with zero attached hydrogens (tertiary/aromatic N) is 5. The van der Waals surface area contributed by atoms with Gasteiger partial charge in [0, 0.05) is 38.4 Å². The molecular formula is C26H29F4N7O4. The van der Waals surface area contributed by atoms with Crippen molar-refractivity contribution in [3.63, 3.8) is 0 Å². The van der Waals surface area contributed by atoms with Crippen molar-refractivity contribution in [3.05, 3.63) is 47.7 Å². The molecule has 2 aliphatic rings. The number of carboxylic acids is 1. The summed E-state index contributed by atoms with van der Waals surface area (Å²) in [5.41, 5.74) is -1.63. The smallest absolute Gasteiger partial charge is 0.319 e. The molecule has 5 rings (SSSR count). The van der Waals surface area contributed by atoms with Crippen LogP contribution in [-0.4, -0.2) is 65.7 Å². The van der Waals surface area contributed by atoms with Gasteiger partial charge in [0.05, 0.1) is 30.2 Å². The van der Waals surface area contributed by atoms with Crippen LogP contribution in [-0.2, 0) is 22.6 Å². The molecule has 0 radical (unpaired) electrons. The quantitative estimate of drug-likeness (QED) is 0.275. The molecule has 3 N–H and O–H groups in total. The summed E-state index contributed by atoms with van der Waals surface area (Å²) in [4.78, 5) is 42.2. The van der Waals surface area contributed by atoms with E-state index >= 15 is 0 Å². The van der Waals surface area contributed by atoms with E-state index in [0.29, 0.717) is 13.0 Å². The Bertz CT molecular complexity index is 1490. The number of carbonyl (C=O) groups is 3. The molecule has 1 aliphatic heterocycles.